The highest BCUT2D eigenvalue weighted by Crippen LogP contribution is 2.28. The lowest BCUT2D eigenvalue weighted by molar-refractivity contribution is 0.274. The zero-order chi connectivity index (χ0) is 12.3. The molecule has 0 bridgehead atoms. The van der Waals surface area contributed by atoms with Crippen LogP contribution in [0.4, 0.5) is 0 Å². The Labute approximate surface area is 105 Å². The number of rotatable bonds is 4. The molecule has 3 nitrogen and oxygen atoms in total. The third-order valence-corrected chi connectivity index (χ3v) is 5.32. The van der Waals surface area contributed by atoms with Gasteiger partial charge in [0.25, 0.3) is 0 Å². The first kappa shape index (κ1) is 13.1. The van der Waals surface area contributed by atoms with E-state index in [4.69, 9.17) is 0 Å². The van der Waals surface area contributed by atoms with Crippen LogP contribution in [-0.2, 0) is 9.84 Å². The fraction of sp³-hybridized carbons (Fsp3) is 0.846. The SMILES string of the molecule is CCCC1CCC(NC2C=CS(=O)(=O)C2)CC1. The molecule has 4 heteroatoms. The minimum Gasteiger partial charge on any atom is -0.307 e. The van der Waals surface area contributed by atoms with Crippen LogP contribution in [0, 0.1) is 5.92 Å². The third kappa shape index (κ3) is 3.81. The number of hydrogen-bond acceptors (Lipinski definition) is 3. The molecule has 1 aliphatic heterocycles. The molecule has 0 amide bonds. The molecular weight excluding hydrogens is 234 g/mol. The van der Waals surface area contributed by atoms with Crippen molar-refractivity contribution >= 4 is 9.84 Å². The second-order valence-corrected chi connectivity index (χ2v) is 7.37. The van der Waals surface area contributed by atoms with E-state index >= 15 is 0 Å². The van der Waals surface area contributed by atoms with Crippen molar-refractivity contribution in [2.45, 2.75) is 57.5 Å². The molecule has 1 unspecified atom stereocenters. The summed E-state index contributed by atoms with van der Waals surface area (Å²) in [5.74, 6) is 1.16. The van der Waals surface area contributed by atoms with Crippen LogP contribution in [0.2, 0.25) is 0 Å². The Bertz CT molecular complexity index is 367. The van der Waals surface area contributed by atoms with Gasteiger partial charge in [-0.1, -0.05) is 25.8 Å². The van der Waals surface area contributed by atoms with Gasteiger partial charge in [0, 0.05) is 17.5 Å². The Balaban J connectivity index is 1.74. The quantitative estimate of drug-likeness (QED) is 0.840. The summed E-state index contributed by atoms with van der Waals surface area (Å²) in [6.45, 7) is 2.25. The van der Waals surface area contributed by atoms with E-state index in [2.05, 4.69) is 12.2 Å². The fourth-order valence-corrected chi connectivity index (χ4v) is 4.26. The molecule has 0 aromatic rings. The van der Waals surface area contributed by atoms with E-state index in [9.17, 15) is 8.42 Å². The maximum atomic E-state index is 11.3. The van der Waals surface area contributed by atoms with E-state index in [1.807, 2.05) is 0 Å². The van der Waals surface area contributed by atoms with E-state index in [1.54, 1.807) is 6.08 Å². The smallest absolute Gasteiger partial charge is 0.173 e. The van der Waals surface area contributed by atoms with E-state index < -0.39 is 9.84 Å². The summed E-state index contributed by atoms with van der Waals surface area (Å²) in [4.78, 5) is 0. The van der Waals surface area contributed by atoms with Crippen LogP contribution in [0.1, 0.15) is 45.4 Å². The van der Waals surface area contributed by atoms with Gasteiger partial charge in [-0.25, -0.2) is 8.42 Å². The Hall–Kier alpha value is -0.350. The van der Waals surface area contributed by atoms with Crippen LogP contribution in [-0.4, -0.2) is 26.3 Å². The highest BCUT2D eigenvalue weighted by Gasteiger charge is 2.26. The van der Waals surface area contributed by atoms with Gasteiger partial charge in [0.1, 0.15) is 0 Å². The summed E-state index contributed by atoms with van der Waals surface area (Å²) in [6.07, 6.45) is 9.44. The first-order valence-electron chi connectivity index (χ1n) is 6.76. The van der Waals surface area contributed by atoms with Gasteiger partial charge in [-0.2, -0.15) is 0 Å². The molecule has 1 heterocycles. The average molecular weight is 257 g/mol. The summed E-state index contributed by atoms with van der Waals surface area (Å²) in [5, 5.41) is 4.82. The lowest BCUT2D eigenvalue weighted by Crippen LogP contribution is -2.41. The zero-order valence-corrected chi connectivity index (χ0v) is 11.4. The maximum absolute atomic E-state index is 11.3. The lowest BCUT2D eigenvalue weighted by Gasteiger charge is -2.30. The van der Waals surface area contributed by atoms with Crippen LogP contribution >= 0.6 is 0 Å². The van der Waals surface area contributed by atoms with E-state index in [-0.39, 0.29) is 11.8 Å². The van der Waals surface area contributed by atoms with Gasteiger partial charge in [-0.3, -0.25) is 0 Å². The summed E-state index contributed by atoms with van der Waals surface area (Å²) in [5.41, 5.74) is 0. The van der Waals surface area contributed by atoms with Crippen molar-refractivity contribution in [1.82, 2.24) is 5.32 Å². The zero-order valence-electron chi connectivity index (χ0n) is 10.6. The normalized spacial score (nSPS) is 36.2. The van der Waals surface area contributed by atoms with E-state index in [0.29, 0.717) is 6.04 Å². The molecule has 0 radical (unpaired) electrons. The minimum absolute atomic E-state index is 0.0488. The van der Waals surface area contributed by atoms with Gasteiger partial charge in [0.2, 0.25) is 0 Å². The summed E-state index contributed by atoms with van der Waals surface area (Å²) < 4.78 is 22.6. The molecule has 2 aliphatic rings. The van der Waals surface area contributed by atoms with Crippen molar-refractivity contribution < 1.29 is 8.42 Å². The van der Waals surface area contributed by atoms with Crippen molar-refractivity contribution in [3.05, 3.63) is 11.5 Å². The van der Waals surface area contributed by atoms with Crippen molar-refractivity contribution in [3.8, 4) is 0 Å². The minimum atomic E-state index is -2.91. The monoisotopic (exact) mass is 257 g/mol. The fourth-order valence-electron chi connectivity index (χ4n) is 3.01. The standard InChI is InChI=1S/C13H23NO2S/c1-2-3-11-4-6-12(7-5-11)14-13-8-9-17(15,16)10-13/h8-9,11-14H,2-7,10H2,1H3. The van der Waals surface area contributed by atoms with Crippen molar-refractivity contribution in [3.63, 3.8) is 0 Å². The second-order valence-electron chi connectivity index (χ2n) is 5.44. The topological polar surface area (TPSA) is 46.2 Å². The molecule has 0 aromatic heterocycles. The number of hydrogen-bond donors (Lipinski definition) is 1. The molecule has 17 heavy (non-hydrogen) atoms. The molecule has 2 rings (SSSR count). The Kier molecular flexibility index (Phi) is 4.26. The molecule has 1 fully saturated rings. The molecule has 0 saturated heterocycles. The first-order valence-corrected chi connectivity index (χ1v) is 8.47. The first-order chi connectivity index (χ1) is 8.09. The van der Waals surface area contributed by atoms with Crippen molar-refractivity contribution in [1.29, 1.82) is 0 Å². The molecule has 1 N–H and O–H groups in total. The van der Waals surface area contributed by atoms with Gasteiger partial charge in [0.15, 0.2) is 9.84 Å². The lowest BCUT2D eigenvalue weighted by atomic mass is 9.83. The molecule has 1 saturated carbocycles. The Morgan fingerprint density at radius 2 is 1.94 bits per heavy atom. The van der Waals surface area contributed by atoms with E-state index in [1.165, 1.54) is 43.9 Å². The maximum Gasteiger partial charge on any atom is 0.173 e. The highest BCUT2D eigenvalue weighted by molar-refractivity contribution is 7.94. The molecule has 1 atom stereocenters. The van der Waals surface area contributed by atoms with Crippen LogP contribution in [0.25, 0.3) is 0 Å². The third-order valence-electron chi connectivity index (χ3n) is 3.92. The predicted octanol–water partition coefficient (Wildman–Crippen LogP) is 2.25. The highest BCUT2D eigenvalue weighted by atomic mass is 32.2. The summed E-state index contributed by atoms with van der Waals surface area (Å²) >= 11 is 0. The van der Waals surface area contributed by atoms with Crippen LogP contribution < -0.4 is 5.32 Å². The molecule has 0 aromatic carbocycles. The molecule has 0 spiro atoms. The predicted molar refractivity (Wildman–Crippen MR) is 70.5 cm³/mol. The summed E-state index contributed by atoms with van der Waals surface area (Å²) in [7, 11) is -2.91. The molecule has 98 valence electrons. The van der Waals surface area contributed by atoms with Gasteiger partial charge >= 0.3 is 0 Å². The van der Waals surface area contributed by atoms with Gasteiger partial charge < -0.3 is 5.32 Å². The average Bonchev–Trinajstić information content (AvgIpc) is 2.61. The van der Waals surface area contributed by atoms with Crippen LogP contribution in [0.15, 0.2) is 11.5 Å². The Morgan fingerprint density at radius 1 is 1.24 bits per heavy atom. The van der Waals surface area contributed by atoms with Gasteiger partial charge in [-0.05, 0) is 31.6 Å². The van der Waals surface area contributed by atoms with Crippen LogP contribution in [0.5, 0.6) is 0 Å². The van der Waals surface area contributed by atoms with Gasteiger partial charge in [0.05, 0.1) is 5.75 Å². The van der Waals surface area contributed by atoms with Gasteiger partial charge in [-0.15, -0.1) is 0 Å². The second kappa shape index (κ2) is 5.53. The Morgan fingerprint density at radius 3 is 2.47 bits per heavy atom. The molecule has 1 aliphatic carbocycles. The summed E-state index contributed by atoms with van der Waals surface area (Å²) in [6, 6.07) is 0.568. The number of nitrogens with one attached hydrogen (secondary N) is 1. The van der Waals surface area contributed by atoms with Crippen molar-refractivity contribution in [2.75, 3.05) is 5.75 Å². The largest absolute Gasteiger partial charge is 0.307 e. The van der Waals surface area contributed by atoms with Crippen LogP contribution in [0.3, 0.4) is 0 Å². The van der Waals surface area contributed by atoms with E-state index in [0.717, 1.165) is 5.92 Å². The van der Waals surface area contributed by atoms with Crippen molar-refractivity contribution in [2.24, 2.45) is 5.92 Å². The number of sulfone groups is 1. The molecular formula is C13H23NO2S.